The van der Waals surface area contributed by atoms with Crippen molar-refractivity contribution < 1.29 is 0 Å². The fourth-order valence-corrected chi connectivity index (χ4v) is 2.13. The second kappa shape index (κ2) is 6.77. The van der Waals surface area contributed by atoms with Gasteiger partial charge in [0.15, 0.2) is 0 Å². The van der Waals surface area contributed by atoms with Crippen molar-refractivity contribution in [1.29, 1.82) is 0 Å². The van der Waals surface area contributed by atoms with E-state index in [2.05, 4.69) is 57.0 Å². The summed E-state index contributed by atoms with van der Waals surface area (Å²) in [6.07, 6.45) is 2.46. The second-order valence-electron chi connectivity index (χ2n) is 5.10. The van der Waals surface area contributed by atoms with E-state index in [9.17, 15) is 0 Å². The van der Waals surface area contributed by atoms with Gasteiger partial charge in [-0.3, -0.25) is 0 Å². The lowest BCUT2D eigenvalue weighted by Crippen LogP contribution is -2.35. The Bertz CT molecular complexity index is 335. The number of hydrogen-bond acceptors (Lipinski definition) is 2. The third-order valence-electron chi connectivity index (χ3n) is 3.41. The fourth-order valence-electron chi connectivity index (χ4n) is 2.13. The minimum absolute atomic E-state index is 0.110. The number of benzene rings is 1. The summed E-state index contributed by atoms with van der Waals surface area (Å²) >= 11 is 0. The lowest BCUT2D eigenvalue weighted by Gasteiger charge is -2.27. The number of rotatable bonds is 6. The van der Waals surface area contributed by atoms with E-state index in [4.69, 9.17) is 5.73 Å². The summed E-state index contributed by atoms with van der Waals surface area (Å²) in [4.78, 5) is 2.36. The van der Waals surface area contributed by atoms with Crippen LogP contribution in [0.3, 0.4) is 0 Å². The van der Waals surface area contributed by atoms with Crippen molar-refractivity contribution in [2.75, 3.05) is 13.6 Å². The van der Waals surface area contributed by atoms with Crippen molar-refractivity contribution in [3.8, 4) is 0 Å². The summed E-state index contributed by atoms with van der Waals surface area (Å²) in [5.41, 5.74) is 8.77. The van der Waals surface area contributed by atoms with Crippen LogP contribution in [-0.2, 0) is 0 Å². The molecule has 2 N–H and O–H groups in total. The van der Waals surface area contributed by atoms with Crippen molar-refractivity contribution in [2.24, 2.45) is 5.73 Å². The molecule has 0 spiro atoms. The number of hydrogen-bond donors (Lipinski definition) is 1. The topological polar surface area (TPSA) is 29.3 Å². The molecule has 2 nitrogen and oxygen atoms in total. The highest BCUT2D eigenvalue weighted by Crippen LogP contribution is 2.15. The highest BCUT2D eigenvalue weighted by Gasteiger charge is 2.13. The zero-order chi connectivity index (χ0) is 12.8. The summed E-state index contributed by atoms with van der Waals surface area (Å²) in [7, 11) is 2.16. The van der Waals surface area contributed by atoms with Crippen LogP contribution in [-0.4, -0.2) is 24.5 Å². The van der Waals surface area contributed by atoms with Gasteiger partial charge in [0.1, 0.15) is 0 Å². The molecule has 0 aliphatic carbocycles. The molecule has 1 aromatic rings. The molecule has 2 atom stereocenters. The molecule has 1 rings (SSSR count). The van der Waals surface area contributed by atoms with Gasteiger partial charge >= 0.3 is 0 Å². The molecular weight excluding hydrogens is 208 g/mol. The van der Waals surface area contributed by atoms with Crippen molar-refractivity contribution in [1.82, 2.24) is 4.90 Å². The molecule has 0 saturated carbocycles. The van der Waals surface area contributed by atoms with Crippen LogP contribution in [0.4, 0.5) is 0 Å². The molecule has 2 unspecified atom stereocenters. The molecule has 0 aliphatic rings. The van der Waals surface area contributed by atoms with Crippen molar-refractivity contribution >= 4 is 0 Å². The van der Waals surface area contributed by atoms with Gasteiger partial charge in [0.05, 0.1) is 0 Å². The molecule has 1 aromatic carbocycles. The maximum absolute atomic E-state index is 6.26. The Labute approximate surface area is 106 Å². The summed E-state index contributed by atoms with van der Waals surface area (Å²) in [6.45, 7) is 7.53. The van der Waals surface area contributed by atoms with Gasteiger partial charge in [0.25, 0.3) is 0 Å². The Morgan fingerprint density at radius 3 is 2.65 bits per heavy atom. The fraction of sp³-hybridized carbons (Fsp3) is 0.600. The molecule has 17 heavy (non-hydrogen) atoms. The predicted octanol–water partition coefficient (Wildman–Crippen LogP) is 3.12. The van der Waals surface area contributed by atoms with Crippen molar-refractivity contribution in [3.63, 3.8) is 0 Å². The normalized spacial score (nSPS) is 14.9. The van der Waals surface area contributed by atoms with Gasteiger partial charge < -0.3 is 10.6 Å². The minimum atomic E-state index is 0.110. The van der Waals surface area contributed by atoms with E-state index in [0.717, 1.165) is 6.54 Å². The summed E-state index contributed by atoms with van der Waals surface area (Å²) in [5, 5.41) is 0. The van der Waals surface area contributed by atoms with Gasteiger partial charge in [-0.1, -0.05) is 43.2 Å². The summed E-state index contributed by atoms with van der Waals surface area (Å²) in [6, 6.07) is 9.22. The Balaban J connectivity index is 2.56. The van der Waals surface area contributed by atoms with Crippen LogP contribution in [0.1, 0.15) is 43.9 Å². The minimum Gasteiger partial charge on any atom is -0.323 e. The Kier molecular flexibility index (Phi) is 5.66. The molecule has 0 heterocycles. The van der Waals surface area contributed by atoms with Gasteiger partial charge in [-0.15, -0.1) is 0 Å². The third kappa shape index (κ3) is 4.49. The van der Waals surface area contributed by atoms with Crippen LogP contribution >= 0.6 is 0 Å². The molecule has 0 aromatic heterocycles. The number of nitrogens with zero attached hydrogens (tertiary/aromatic N) is 1. The number of likely N-dealkylation sites (N-methyl/N-ethyl adjacent to an activating group) is 1. The maximum atomic E-state index is 6.26. The average Bonchev–Trinajstić information content (AvgIpc) is 2.29. The first-order valence-electron chi connectivity index (χ1n) is 6.57. The molecular formula is C15H26N2. The maximum Gasteiger partial charge on any atom is 0.0424 e. The first-order valence-corrected chi connectivity index (χ1v) is 6.57. The third-order valence-corrected chi connectivity index (χ3v) is 3.41. The van der Waals surface area contributed by atoms with Crippen molar-refractivity contribution in [2.45, 2.75) is 45.7 Å². The van der Waals surface area contributed by atoms with Crippen LogP contribution in [0.15, 0.2) is 24.3 Å². The predicted molar refractivity (Wildman–Crippen MR) is 75.1 cm³/mol. The largest absolute Gasteiger partial charge is 0.323 e. The first-order chi connectivity index (χ1) is 8.04. The van der Waals surface area contributed by atoms with Gasteiger partial charge in [-0.25, -0.2) is 0 Å². The molecule has 96 valence electrons. The highest BCUT2D eigenvalue weighted by molar-refractivity contribution is 5.25. The average molecular weight is 234 g/mol. The van der Waals surface area contributed by atoms with Gasteiger partial charge in [0, 0.05) is 18.6 Å². The zero-order valence-corrected chi connectivity index (χ0v) is 11.6. The highest BCUT2D eigenvalue weighted by atomic mass is 15.1. The van der Waals surface area contributed by atoms with Crippen LogP contribution in [0.25, 0.3) is 0 Å². The lowest BCUT2D eigenvalue weighted by molar-refractivity contribution is 0.231. The monoisotopic (exact) mass is 234 g/mol. The van der Waals surface area contributed by atoms with E-state index in [1.165, 1.54) is 24.0 Å². The van der Waals surface area contributed by atoms with E-state index in [1.807, 2.05) is 0 Å². The molecule has 0 fully saturated rings. The molecule has 0 amide bonds. The van der Waals surface area contributed by atoms with E-state index in [-0.39, 0.29) is 6.04 Å². The second-order valence-corrected chi connectivity index (χ2v) is 5.10. The van der Waals surface area contributed by atoms with E-state index < -0.39 is 0 Å². The number of aryl methyl sites for hydroxylation is 1. The smallest absolute Gasteiger partial charge is 0.0424 e. The Morgan fingerprint density at radius 1 is 1.35 bits per heavy atom. The SMILES string of the molecule is CCCC(C)N(C)CC(N)c1cccc(C)c1. The van der Waals surface area contributed by atoms with Gasteiger partial charge in [0.2, 0.25) is 0 Å². The van der Waals surface area contributed by atoms with Gasteiger partial charge in [-0.2, -0.15) is 0 Å². The number of nitrogens with two attached hydrogens (primary N) is 1. The van der Waals surface area contributed by atoms with Crippen molar-refractivity contribution in [3.05, 3.63) is 35.4 Å². The van der Waals surface area contributed by atoms with Crippen LogP contribution in [0.5, 0.6) is 0 Å². The van der Waals surface area contributed by atoms with Gasteiger partial charge in [-0.05, 0) is 32.9 Å². The van der Waals surface area contributed by atoms with Crippen LogP contribution < -0.4 is 5.73 Å². The summed E-state index contributed by atoms with van der Waals surface area (Å²) in [5.74, 6) is 0. The molecule has 0 bridgehead atoms. The van der Waals surface area contributed by atoms with E-state index in [0.29, 0.717) is 6.04 Å². The standard InChI is InChI=1S/C15H26N2/c1-5-7-13(3)17(4)11-15(16)14-9-6-8-12(2)10-14/h6,8-10,13,15H,5,7,11,16H2,1-4H3. The van der Waals surface area contributed by atoms with E-state index in [1.54, 1.807) is 0 Å². The first kappa shape index (κ1) is 14.2. The zero-order valence-electron chi connectivity index (χ0n) is 11.6. The van der Waals surface area contributed by atoms with Crippen LogP contribution in [0.2, 0.25) is 0 Å². The Morgan fingerprint density at radius 2 is 2.06 bits per heavy atom. The lowest BCUT2D eigenvalue weighted by atomic mass is 10.0. The van der Waals surface area contributed by atoms with Crippen LogP contribution in [0, 0.1) is 6.92 Å². The molecule has 0 radical (unpaired) electrons. The summed E-state index contributed by atoms with van der Waals surface area (Å²) < 4.78 is 0. The quantitative estimate of drug-likeness (QED) is 0.819. The Hall–Kier alpha value is -0.860. The molecule has 0 saturated heterocycles. The molecule has 0 aliphatic heterocycles. The molecule has 2 heteroatoms. The van der Waals surface area contributed by atoms with E-state index >= 15 is 0 Å².